The summed E-state index contributed by atoms with van der Waals surface area (Å²) in [5.74, 6) is 1.29. The van der Waals surface area contributed by atoms with Crippen molar-refractivity contribution < 1.29 is 22.7 Å². The maximum absolute atomic E-state index is 12.7. The molecule has 3 aliphatic rings. The van der Waals surface area contributed by atoms with Crippen LogP contribution in [0.1, 0.15) is 28.9 Å². The van der Waals surface area contributed by atoms with E-state index in [0.29, 0.717) is 32.3 Å². The molecule has 1 atom stereocenters. The Labute approximate surface area is 207 Å². The number of halogens is 3. The van der Waals surface area contributed by atoms with Crippen LogP contribution in [0.2, 0.25) is 0 Å². The van der Waals surface area contributed by atoms with Gasteiger partial charge >= 0.3 is 6.18 Å². The first-order chi connectivity index (χ1) is 17.4. The normalized spacial score (nSPS) is 21.8. The molecule has 1 amide bonds. The van der Waals surface area contributed by atoms with Gasteiger partial charge in [-0.3, -0.25) is 14.7 Å². The van der Waals surface area contributed by atoms with E-state index in [-0.39, 0.29) is 11.5 Å². The Kier molecular flexibility index (Phi) is 7.24. The molecule has 5 rings (SSSR count). The molecule has 0 aromatic carbocycles. The lowest BCUT2D eigenvalue weighted by molar-refractivity contribution is -0.141. The predicted molar refractivity (Wildman–Crippen MR) is 127 cm³/mol. The third kappa shape index (κ3) is 5.70. The number of alkyl halides is 3. The molecular weight excluding hydrogens is 475 g/mol. The highest BCUT2D eigenvalue weighted by Crippen LogP contribution is 2.27. The van der Waals surface area contributed by atoms with E-state index in [0.717, 1.165) is 76.1 Å². The summed E-state index contributed by atoms with van der Waals surface area (Å²) in [6.07, 6.45) is -0.846. The van der Waals surface area contributed by atoms with E-state index in [2.05, 4.69) is 29.9 Å². The van der Waals surface area contributed by atoms with Crippen LogP contribution in [0.5, 0.6) is 0 Å². The maximum atomic E-state index is 12.7. The van der Waals surface area contributed by atoms with Crippen molar-refractivity contribution >= 4 is 17.5 Å². The lowest BCUT2D eigenvalue weighted by Gasteiger charge is -2.37. The average molecular weight is 506 g/mol. The summed E-state index contributed by atoms with van der Waals surface area (Å²) in [6, 6.07) is 5.96. The van der Waals surface area contributed by atoms with Crippen molar-refractivity contribution in [3.05, 3.63) is 41.7 Å². The van der Waals surface area contributed by atoms with Crippen molar-refractivity contribution in [2.45, 2.75) is 25.1 Å². The second-order valence-electron chi connectivity index (χ2n) is 9.38. The lowest BCUT2D eigenvalue weighted by Crippen LogP contribution is -2.49. The van der Waals surface area contributed by atoms with Crippen LogP contribution >= 0.6 is 0 Å². The molecule has 3 saturated heterocycles. The highest BCUT2D eigenvalue weighted by Gasteiger charge is 2.33. The molecule has 0 aliphatic carbocycles. The lowest BCUT2D eigenvalue weighted by atomic mass is 10.2. The summed E-state index contributed by atoms with van der Waals surface area (Å²) in [4.78, 5) is 24.5. The van der Waals surface area contributed by atoms with Gasteiger partial charge in [-0.2, -0.15) is 13.2 Å². The number of nitrogens with zero attached hydrogens (tertiary/aromatic N) is 7. The van der Waals surface area contributed by atoms with Crippen LogP contribution < -0.4 is 9.80 Å². The van der Waals surface area contributed by atoms with Crippen LogP contribution in [0.25, 0.3) is 0 Å². The molecule has 0 N–H and O–H groups in total. The second kappa shape index (κ2) is 10.6. The van der Waals surface area contributed by atoms with Crippen LogP contribution in [-0.2, 0) is 10.9 Å². The summed E-state index contributed by atoms with van der Waals surface area (Å²) in [7, 11) is 0. The molecule has 9 nitrogen and oxygen atoms in total. The molecule has 0 spiro atoms. The average Bonchev–Trinajstić information content (AvgIpc) is 3.42. The first-order valence-corrected chi connectivity index (χ1v) is 12.4. The molecule has 194 valence electrons. The van der Waals surface area contributed by atoms with Gasteiger partial charge < -0.3 is 19.4 Å². The number of ether oxygens (including phenoxy) is 1. The van der Waals surface area contributed by atoms with E-state index in [1.54, 1.807) is 4.90 Å². The molecule has 3 fully saturated rings. The Hall–Kier alpha value is -2.99. The Morgan fingerprint density at radius 1 is 0.917 bits per heavy atom. The van der Waals surface area contributed by atoms with Gasteiger partial charge in [-0.1, -0.05) is 0 Å². The Morgan fingerprint density at radius 3 is 2.06 bits per heavy atom. The molecule has 2 aromatic heterocycles. The van der Waals surface area contributed by atoms with E-state index in [9.17, 15) is 18.0 Å². The van der Waals surface area contributed by atoms with Crippen molar-refractivity contribution in [2.75, 3.05) is 75.3 Å². The predicted octanol–water partition coefficient (Wildman–Crippen LogP) is 2.15. The molecule has 5 heterocycles. The summed E-state index contributed by atoms with van der Waals surface area (Å²) >= 11 is 0. The molecule has 0 saturated carbocycles. The third-order valence-corrected chi connectivity index (χ3v) is 7.01. The van der Waals surface area contributed by atoms with Gasteiger partial charge in [0.25, 0.3) is 5.91 Å². The first-order valence-electron chi connectivity index (χ1n) is 12.4. The van der Waals surface area contributed by atoms with Gasteiger partial charge in [0.2, 0.25) is 0 Å². The topological polar surface area (TPSA) is 77.9 Å². The number of aromatic nitrogens is 3. The van der Waals surface area contributed by atoms with Crippen molar-refractivity contribution in [1.82, 2.24) is 25.0 Å². The van der Waals surface area contributed by atoms with Crippen LogP contribution in [0.3, 0.4) is 0 Å². The number of hydrogen-bond acceptors (Lipinski definition) is 8. The number of rotatable bonds is 5. The van der Waals surface area contributed by atoms with Crippen molar-refractivity contribution in [3.8, 4) is 0 Å². The van der Waals surface area contributed by atoms with E-state index < -0.39 is 11.9 Å². The third-order valence-electron chi connectivity index (χ3n) is 7.01. The fourth-order valence-corrected chi connectivity index (χ4v) is 4.90. The molecule has 36 heavy (non-hydrogen) atoms. The number of amides is 1. The van der Waals surface area contributed by atoms with Crippen LogP contribution in [0.4, 0.5) is 24.8 Å². The number of pyridine rings is 1. The minimum Gasteiger partial charge on any atom is -0.377 e. The van der Waals surface area contributed by atoms with Crippen LogP contribution in [-0.4, -0.2) is 103 Å². The minimum atomic E-state index is -4.53. The van der Waals surface area contributed by atoms with Gasteiger partial charge in [0.1, 0.15) is 5.69 Å². The Bertz CT molecular complexity index is 1010. The first kappa shape index (κ1) is 24.7. The number of anilines is 2. The van der Waals surface area contributed by atoms with Crippen molar-refractivity contribution in [2.24, 2.45) is 0 Å². The molecule has 1 unspecified atom stereocenters. The highest BCUT2D eigenvalue weighted by atomic mass is 19.4. The summed E-state index contributed by atoms with van der Waals surface area (Å²) in [5, 5.41) is 8.87. The SMILES string of the molecule is O=C(c1ccc(C(F)(F)F)nc1)N1CCN(c2ccc(N3CCN(CC4CCCO4)CC3)nn2)CC1. The molecule has 12 heteroatoms. The molecule has 3 aliphatic heterocycles. The summed E-state index contributed by atoms with van der Waals surface area (Å²) < 4.78 is 43.9. The molecule has 0 radical (unpaired) electrons. The van der Waals surface area contributed by atoms with E-state index in [4.69, 9.17) is 4.74 Å². The Balaban J connectivity index is 1.10. The smallest absolute Gasteiger partial charge is 0.377 e. The standard InChI is InChI=1S/C24H30F3N7O2/c25-24(26,27)20-4-3-18(16-28-20)23(35)34-13-11-33(12-14-34)22-6-5-21(29-30-22)32-9-7-31(8-10-32)17-19-2-1-15-36-19/h3-6,16,19H,1-2,7-15,17H2. The zero-order valence-corrected chi connectivity index (χ0v) is 20.0. The zero-order valence-electron chi connectivity index (χ0n) is 20.0. The largest absolute Gasteiger partial charge is 0.433 e. The summed E-state index contributed by atoms with van der Waals surface area (Å²) in [5.41, 5.74) is -0.858. The van der Waals surface area contributed by atoms with Crippen LogP contribution in [0, 0.1) is 0 Å². The van der Waals surface area contributed by atoms with Crippen molar-refractivity contribution in [1.29, 1.82) is 0 Å². The second-order valence-corrected chi connectivity index (χ2v) is 9.38. The van der Waals surface area contributed by atoms with Gasteiger partial charge in [0, 0.05) is 71.7 Å². The van der Waals surface area contributed by atoms with Crippen LogP contribution in [0.15, 0.2) is 30.5 Å². The number of carbonyl (C=O) groups excluding carboxylic acids is 1. The van der Waals surface area contributed by atoms with E-state index in [1.165, 1.54) is 6.07 Å². The molecule has 0 bridgehead atoms. The van der Waals surface area contributed by atoms with Crippen molar-refractivity contribution in [3.63, 3.8) is 0 Å². The zero-order chi connectivity index (χ0) is 25.1. The van der Waals surface area contributed by atoms with Gasteiger partial charge in [0.15, 0.2) is 11.6 Å². The van der Waals surface area contributed by atoms with E-state index in [1.807, 2.05) is 12.1 Å². The fourth-order valence-electron chi connectivity index (χ4n) is 4.90. The molecular formula is C24H30F3N7O2. The van der Waals surface area contributed by atoms with Gasteiger partial charge in [-0.05, 0) is 37.1 Å². The van der Waals surface area contributed by atoms with Gasteiger partial charge in [0.05, 0.1) is 11.7 Å². The van der Waals surface area contributed by atoms with E-state index >= 15 is 0 Å². The number of piperazine rings is 2. The summed E-state index contributed by atoms with van der Waals surface area (Å²) in [6.45, 7) is 7.66. The molecule has 2 aromatic rings. The quantitative estimate of drug-likeness (QED) is 0.612. The fraction of sp³-hybridized carbons (Fsp3) is 0.583. The maximum Gasteiger partial charge on any atom is 0.433 e. The Morgan fingerprint density at radius 2 is 1.56 bits per heavy atom. The van der Waals surface area contributed by atoms with Gasteiger partial charge in [-0.25, -0.2) is 0 Å². The minimum absolute atomic E-state index is 0.150. The number of hydrogen-bond donors (Lipinski definition) is 0. The monoisotopic (exact) mass is 505 g/mol. The van der Waals surface area contributed by atoms with Gasteiger partial charge in [-0.15, -0.1) is 10.2 Å². The highest BCUT2D eigenvalue weighted by molar-refractivity contribution is 5.94. The number of carbonyl (C=O) groups is 1.